The van der Waals surface area contributed by atoms with Crippen LogP contribution in [0.5, 0.6) is 0 Å². The molecule has 0 amide bonds. The Labute approximate surface area is 110 Å². The molecule has 4 heteroatoms. The lowest BCUT2D eigenvalue weighted by molar-refractivity contribution is -0.00255. The molecule has 0 spiro atoms. The lowest BCUT2D eigenvalue weighted by Crippen LogP contribution is -2.51. The first-order chi connectivity index (χ1) is 8.62. The van der Waals surface area contributed by atoms with Crippen LogP contribution in [0.15, 0.2) is 0 Å². The van der Waals surface area contributed by atoms with Gasteiger partial charge in [0.1, 0.15) is 0 Å². The van der Waals surface area contributed by atoms with Crippen LogP contribution in [-0.4, -0.2) is 47.6 Å². The van der Waals surface area contributed by atoms with Crippen LogP contribution in [0.2, 0.25) is 0 Å². The van der Waals surface area contributed by atoms with Gasteiger partial charge in [-0.15, -0.1) is 0 Å². The molecule has 1 heterocycles. The molecule has 4 N–H and O–H groups in total. The third-order valence-corrected chi connectivity index (χ3v) is 4.52. The van der Waals surface area contributed by atoms with Gasteiger partial charge in [-0.25, -0.2) is 0 Å². The number of nitrogens with one attached hydrogen (secondary N) is 2. The van der Waals surface area contributed by atoms with Crippen molar-refractivity contribution in [1.82, 2.24) is 10.6 Å². The molecular formula is C14H28N2O2. The van der Waals surface area contributed by atoms with Gasteiger partial charge in [0.05, 0.1) is 12.2 Å². The number of aliphatic hydroxyl groups is 2. The van der Waals surface area contributed by atoms with Crippen LogP contribution in [0.1, 0.15) is 45.4 Å². The van der Waals surface area contributed by atoms with Crippen LogP contribution in [0, 0.1) is 5.92 Å². The van der Waals surface area contributed by atoms with Gasteiger partial charge in [-0.2, -0.15) is 0 Å². The zero-order valence-electron chi connectivity index (χ0n) is 11.5. The fraction of sp³-hybridized carbons (Fsp3) is 1.00. The van der Waals surface area contributed by atoms with Crippen molar-refractivity contribution in [2.24, 2.45) is 5.92 Å². The lowest BCUT2D eigenvalue weighted by Gasteiger charge is -2.37. The van der Waals surface area contributed by atoms with Crippen LogP contribution in [0.25, 0.3) is 0 Å². The van der Waals surface area contributed by atoms with Crippen molar-refractivity contribution in [3.63, 3.8) is 0 Å². The highest BCUT2D eigenvalue weighted by Gasteiger charge is 2.34. The van der Waals surface area contributed by atoms with E-state index in [0.717, 1.165) is 6.54 Å². The molecule has 0 radical (unpaired) electrons. The molecule has 2 aliphatic rings. The summed E-state index contributed by atoms with van der Waals surface area (Å²) in [6, 6.07) is 1.15. The fourth-order valence-electron chi connectivity index (χ4n) is 3.38. The standard InChI is InChI=1S/C14H28N2O2/c1-14(18,10-17)9-16-13-6-3-2-5-11(13)12-7-4-8-15-12/h11-13,15-18H,2-10H2,1H3. The van der Waals surface area contributed by atoms with Crippen LogP contribution in [-0.2, 0) is 0 Å². The van der Waals surface area contributed by atoms with Gasteiger partial charge in [0.15, 0.2) is 0 Å². The Balaban J connectivity index is 1.87. The van der Waals surface area contributed by atoms with Gasteiger partial charge in [0.25, 0.3) is 0 Å². The second-order valence-electron chi connectivity index (χ2n) is 6.29. The van der Waals surface area contributed by atoms with E-state index in [1.54, 1.807) is 6.92 Å². The molecule has 4 nitrogen and oxygen atoms in total. The number of rotatable bonds is 5. The minimum absolute atomic E-state index is 0.181. The van der Waals surface area contributed by atoms with E-state index in [2.05, 4.69) is 10.6 Å². The average molecular weight is 256 g/mol. The maximum atomic E-state index is 9.88. The molecular weight excluding hydrogens is 228 g/mol. The Hall–Kier alpha value is -0.160. The molecule has 2 rings (SSSR count). The van der Waals surface area contributed by atoms with Crippen molar-refractivity contribution in [2.75, 3.05) is 19.7 Å². The second-order valence-corrected chi connectivity index (χ2v) is 6.29. The molecule has 0 aromatic heterocycles. The molecule has 0 bridgehead atoms. The SMILES string of the molecule is CC(O)(CO)CNC1CCCCC1C1CCCN1. The van der Waals surface area contributed by atoms with Crippen molar-refractivity contribution in [1.29, 1.82) is 0 Å². The molecule has 1 aliphatic carbocycles. The van der Waals surface area contributed by atoms with Gasteiger partial charge in [0, 0.05) is 18.6 Å². The smallest absolute Gasteiger partial charge is 0.0972 e. The second kappa shape index (κ2) is 6.33. The molecule has 106 valence electrons. The summed E-state index contributed by atoms with van der Waals surface area (Å²) in [6.07, 6.45) is 7.68. The van der Waals surface area contributed by atoms with Gasteiger partial charge in [0.2, 0.25) is 0 Å². The van der Waals surface area contributed by atoms with Crippen molar-refractivity contribution >= 4 is 0 Å². The van der Waals surface area contributed by atoms with E-state index in [-0.39, 0.29) is 6.61 Å². The number of hydrogen-bond acceptors (Lipinski definition) is 4. The summed E-state index contributed by atoms with van der Waals surface area (Å²) >= 11 is 0. The predicted octanol–water partition coefficient (Wildman–Crippen LogP) is 0.630. The number of aliphatic hydroxyl groups excluding tert-OH is 1. The molecule has 1 saturated carbocycles. The van der Waals surface area contributed by atoms with E-state index in [9.17, 15) is 5.11 Å². The fourth-order valence-corrected chi connectivity index (χ4v) is 3.38. The summed E-state index contributed by atoms with van der Waals surface area (Å²) in [5, 5.41) is 26.1. The van der Waals surface area contributed by atoms with Gasteiger partial charge < -0.3 is 20.8 Å². The normalized spacial score (nSPS) is 36.5. The molecule has 0 aromatic rings. The van der Waals surface area contributed by atoms with Crippen LogP contribution < -0.4 is 10.6 Å². The largest absolute Gasteiger partial charge is 0.393 e. The van der Waals surface area contributed by atoms with E-state index in [1.165, 1.54) is 38.5 Å². The monoisotopic (exact) mass is 256 g/mol. The Morgan fingerprint density at radius 3 is 2.67 bits per heavy atom. The first-order valence-electron chi connectivity index (χ1n) is 7.42. The first kappa shape index (κ1) is 14.3. The van der Waals surface area contributed by atoms with Gasteiger partial charge in [-0.3, -0.25) is 0 Å². The van der Waals surface area contributed by atoms with Gasteiger partial charge >= 0.3 is 0 Å². The van der Waals surface area contributed by atoms with E-state index in [4.69, 9.17) is 5.11 Å². The predicted molar refractivity (Wildman–Crippen MR) is 72.5 cm³/mol. The van der Waals surface area contributed by atoms with Gasteiger partial charge in [-0.1, -0.05) is 12.8 Å². The molecule has 0 aromatic carbocycles. The summed E-state index contributed by atoms with van der Waals surface area (Å²) in [7, 11) is 0. The quantitative estimate of drug-likeness (QED) is 0.582. The third kappa shape index (κ3) is 3.67. The highest BCUT2D eigenvalue weighted by molar-refractivity contribution is 4.92. The summed E-state index contributed by atoms with van der Waals surface area (Å²) in [4.78, 5) is 0. The lowest BCUT2D eigenvalue weighted by atomic mass is 9.79. The van der Waals surface area contributed by atoms with Crippen molar-refractivity contribution in [3.8, 4) is 0 Å². The number of hydrogen-bond donors (Lipinski definition) is 4. The minimum Gasteiger partial charge on any atom is -0.393 e. The zero-order valence-corrected chi connectivity index (χ0v) is 11.5. The molecule has 1 aliphatic heterocycles. The highest BCUT2D eigenvalue weighted by atomic mass is 16.3. The van der Waals surface area contributed by atoms with Crippen LogP contribution in [0.4, 0.5) is 0 Å². The Bertz CT molecular complexity index is 252. The Morgan fingerprint density at radius 1 is 1.22 bits per heavy atom. The molecule has 18 heavy (non-hydrogen) atoms. The maximum Gasteiger partial charge on any atom is 0.0972 e. The molecule has 2 fully saturated rings. The summed E-state index contributed by atoms with van der Waals surface area (Å²) < 4.78 is 0. The van der Waals surface area contributed by atoms with E-state index < -0.39 is 5.60 Å². The average Bonchev–Trinajstić information content (AvgIpc) is 2.91. The Morgan fingerprint density at radius 2 is 2.00 bits per heavy atom. The molecule has 1 saturated heterocycles. The topological polar surface area (TPSA) is 64.5 Å². The third-order valence-electron chi connectivity index (χ3n) is 4.52. The van der Waals surface area contributed by atoms with E-state index in [0.29, 0.717) is 24.5 Å². The Kier molecular flexibility index (Phi) is 5.01. The summed E-state index contributed by atoms with van der Waals surface area (Å²) in [6.45, 7) is 3.14. The minimum atomic E-state index is -0.995. The maximum absolute atomic E-state index is 9.88. The highest BCUT2D eigenvalue weighted by Crippen LogP contribution is 2.30. The van der Waals surface area contributed by atoms with Crippen molar-refractivity contribution in [2.45, 2.75) is 63.1 Å². The summed E-state index contributed by atoms with van der Waals surface area (Å²) in [5.41, 5.74) is -0.995. The van der Waals surface area contributed by atoms with E-state index in [1.807, 2.05) is 0 Å². The van der Waals surface area contributed by atoms with Gasteiger partial charge in [-0.05, 0) is 45.1 Å². The summed E-state index contributed by atoms with van der Waals surface area (Å²) in [5.74, 6) is 0.691. The van der Waals surface area contributed by atoms with Crippen LogP contribution in [0.3, 0.4) is 0 Å². The van der Waals surface area contributed by atoms with Crippen molar-refractivity contribution in [3.05, 3.63) is 0 Å². The molecule has 4 unspecified atom stereocenters. The molecule has 4 atom stereocenters. The first-order valence-corrected chi connectivity index (χ1v) is 7.42. The van der Waals surface area contributed by atoms with E-state index >= 15 is 0 Å². The van der Waals surface area contributed by atoms with Crippen molar-refractivity contribution < 1.29 is 10.2 Å². The zero-order chi connectivity index (χ0) is 13.0. The van der Waals surface area contributed by atoms with Crippen LogP contribution >= 0.6 is 0 Å².